The minimum atomic E-state index is -0.376. The number of aryl methyl sites for hydroxylation is 1. The molecule has 0 saturated heterocycles. The lowest BCUT2D eigenvalue weighted by Crippen LogP contribution is -2.20. The minimum Gasteiger partial charge on any atom is -0.486 e. The molecule has 1 aromatic heterocycles. The molecule has 8 heteroatoms. The van der Waals surface area contributed by atoms with Crippen LogP contribution >= 0.6 is 11.3 Å². The highest BCUT2D eigenvalue weighted by Gasteiger charge is 2.16. The first-order chi connectivity index (χ1) is 14.2. The lowest BCUT2D eigenvalue weighted by Gasteiger charge is -2.18. The van der Waals surface area contributed by atoms with E-state index in [0.717, 1.165) is 10.2 Å². The van der Waals surface area contributed by atoms with Crippen molar-refractivity contribution in [2.24, 2.45) is 4.99 Å². The minimum absolute atomic E-state index is 0.208. The van der Waals surface area contributed by atoms with Crippen molar-refractivity contribution in [1.82, 2.24) is 4.57 Å². The van der Waals surface area contributed by atoms with Gasteiger partial charge in [0.25, 0.3) is 5.91 Å². The molecule has 3 aromatic rings. The lowest BCUT2D eigenvalue weighted by atomic mass is 10.2. The molecule has 1 amide bonds. The number of amides is 1. The van der Waals surface area contributed by atoms with E-state index >= 15 is 0 Å². The van der Waals surface area contributed by atoms with Crippen LogP contribution in [0.2, 0.25) is 0 Å². The van der Waals surface area contributed by atoms with Crippen LogP contribution in [0.25, 0.3) is 10.2 Å². The Bertz CT molecular complexity index is 1130. The highest BCUT2D eigenvalue weighted by molar-refractivity contribution is 7.16. The van der Waals surface area contributed by atoms with Crippen molar-refractivity contribution < 1.29 is 23.8 Å². The number of carbonyl (C=O) groups is 2. The third-order valence-electron chi connectivity index (χ3n) is 4.42. The SMILES string of the molecule is CCOC(=O)CCn1c(=NC(=O)c2ccc3c(c2)OCCO3)sc2ccccc21. The van der Waals surface area contributed by atoms with Crippen molar-refractivity contribution in [3.8, 4) is 11.5 Å². The molecule has 29 heavy (non-hydrogen) atoms. The van der Waals surface area contributed by atoms with Crippen LogP contribution in [0.5, 0.6) is 11.5 Å². The summed E-state index contributed by atoms with van der Waals surface area (Å²) < 4.78 is 18.9. The standard InChI is InChI=1S/C21H20N2O5S/c1-2-26-19(24)9-10-23-15-5-3-4-6-18(15)29-21(23)22-20(25)14-7-8-16-17(13-14)28-12-11-27-16/h3-8,13H,2,9-12H2,1H3. The van der Waals surface area contributed by atoms with Crippen LogP contribution < -0.4 is 14.3 Å². The van der Waals surface area contributed by atoms with Crippen molar-refractivity contribution in [3.63, 3.8) is 0 Å². The van der Waals surface area contributed by atoms with Gasteiger partial charge in [-0.05, 0) is 37.3 Å². The second kappa shape index (κ2) is 8.48. The van der Waals surface area contributed by atoms with Crippen molar-refractivity contribution in [2.45, 2.75) is 19.9 Å². The summed E-state index contributed by atoms with van der Waals surface area (Å²) in [5, 5.41) is 0. The molecule has 2 heterocycles. The maximum absolute atomic E-state index is 12.8. The average Bonchev–Trinajstić information content (AvgIpc) is 3.09. The van der Waals surface area contributed by atoms with Crippen LogP contribution in [0.15, 0.2) is 47.5 Å². The first-order valence-electron chi connectivity index (χ1n) is 9.38. The van der Waals surface area contributed by atoms with Gasteiger partial charge in [-0.3, -0.25) is 9.59 Å². The summed E-state index contributed by atoms with van der Waals surface area (Å²) in [7, 11) is 0. The highest BCUT2D eigenvalue weighted by Crippen LogP contribution is 2.31. The summed E-state index contributed by atoms with van der Waals surface area (Å²) >= 11 is 1.41. The fraction of sp³-hybridized carbons (Fsp3) is 0.286. The topological polar surface area (TPSA) is 79.1 Å². The monoisotopic (exact) mass is 412 g/mol. The molecule has 150 valence electrons. The maximum Gasteiger partial charge on any atom is 0.307 e. The van der Waals surface area contributed by atoms with Gasteiger partial charge in [0.05, 0.1) is 23.2 Å². The van der Waals surface area contributed by atoms with Gasteiger partial charge in [0, 0.05) is 12.1 Å². The Morgan fingerprint density at radius 2 is 1.93 bits per heavy atom. The zero-order valence-electron chi connectivity index (χ0n) is 15.9. The molecule has 0 atom stereocenters. The van der Waals surface area contributed by atoms with Crippen molar-refractivity contribution in [2.75, 3.05) is 19.8 Å². The van der Waals surface area contributed by atoms with E-state index in [0.29, 0.717) is 48.2 Å². The van der Waals surface area contributed by atoms with Gasteiger partial charge < -0.3 is 18.8 Å². The van der Waals surface area contributed by atoms with E-state index in [1.165, 1.54) is 11.3 Å². The Labute approximate surface area is 171 Å². The molecule has 7 nitrogen and oxygen atoms in total. The van der Waals surface area contributed by atoms with Crippen molar-refractivity contribution in [3.05, 3.63) is 52.8 Å². The van der Waals surface area contributed by atoms with Crippen LogP contribution in [0.1, 0.15) is 23.7 Å². The second-order valence-corrected chi connectivity index (χ2v) is 7.34. The number of esters is 1. The molecule has 2 aromatic carbocycles. The molecule has 0 unspecified atom stereocenters. The van der Waals surface area contributed by atoms with Crippen LogP contribution in [0, 0.1) is 0 Å². The van der Waals surface area contributed by atoms with Gasteiger partial charge in [-0.2, -0.15) is 4.99 Å². The fourth-order valence-electron chi connectivity index (χ4n) is 3.09. The van der Waals surface area contributed by atoms with E-state index in [2.05, 4.69) is 4.99 Å². The van der Waals surface area contributed by atoms with Crippen LogP contribution in [0.3, 0.4) is 0 Å². The predicted molar refractivity (Wildman–Crippen MR) is 108 cm³/mol. The summed E-state index contributed by atoms with van der Waals surface area (Å²) in [5.41, 5.74) is 1.35. The third kappa shape index (κ3) is 4.17. The van der Waals surface area contributed by atoms with Crippen LogP contribution in [-0.2, 0) is 16.1 Å². The number of hydrogen-bond acceptors (Lipinski definition) is 6. The number of ether oxygens (including phenoxy) is 3. The highest BCUT2D eigenvalue weighted by atomic mass is 32.1. The molecule has 0 radical (unpaired) electrons. The summed E-state index contributed by atoms with van der Waals surface area (Å²) in [6.07, 6.45) is 0.208. The van der Waals surface area contributed by atoms with Gasteiger partial charge >= 0.3 is 5.97 Å². The van der Waals surface area contributed by atoms with Crippen molar-refractivity contribution >= 4 is 33.4 Å². The molecular weight excluding hydrogens is 392 g/mol. The summed E-state index contributed by atoms with van der Waals surface area (Å²) in [4.78, 5) is 29.5. The second-order valence-electron chi connectivity index (χ2n) is 6.33. The molecule has 0 saturated carbocycles. The number of aromatic nitrogens is 1. The molecule has 4 rings (SSSR count). The number of fused-ring (bicyclic) bond motifs is 2. The van der Waals surface area contributed by atoms with E-state index < -0.39 is 0 Å². The molecule has 0 spiro atoms. The molecule has 0 N–H and O–H groups in total. The number of hydrogen-bond donors (Lipinski definition) is 0. The Morgan fingerprint density at radius 1 is 1.14 bits per heavy atom. The number of carbonyl (C=O) groups excluding carboxylic acids is 2. The van der Waals surface area contributed by atoms with Gasteiger partial charge in [-0.15, -0.1) is 0 Å². The van der Waals surface area contributed by atoms with Gasteiger partial charge in [-0.25, -0.2) is 0 Å². The van der Waals surface area contributed by atoms with Crippen LogP contribution in [0.4, 0.5) is 0 Å². The smallest absolute Gasteiger partial charge is 0.307 e. The lowest BCUT2D eigenvalue weighted by molar-refractivity contribution is -0.143. The zero-order chi connectivity index (χ0) is 20.2. The number of thiazole rings is 1. The molecule has 1 aliphatic rings. The Hall–Kier alpha value is -3.13. The number of benzene rings is 2. The number of para-hydroxylation sites is 1. The van der Waals surface area contributed by atoms with Gasteiger partial charge in [0.2, 0.25) is 0 Å². The predicted octanol–water partition coefficient (Wildman–Crippen LogP) is 3.17. The van der Waals surface area contributed by atoms with E-state index in [9.17, 15) is 9.59 Å². The van der Waals surface area contributed by atoms with E-state index in [-0.39, 0.29) is 18.3 Å². The first-order valence-corrected chi connectivity index (χ1v) is 10.2. The van der Waals surface area contributed by atoms with Gasteiger partial charge in [0.1, 0.15) is 13.2 Å². The van der Waals surface area contributed by atoms with Gasteiger partial charge in [-0.1, -0.05) is 23.5 Å². The molecule has 0 bridgehead atoms. The van der Waals surface area contributed by atoms with Crippen molar-refractivity contribution in [1.29, 1.82) is 0 Å². The fourth-order valence-corrected chi connectivity index (χ4v) is 4.14. The molecule has 0 aliphatic carbocycles. The Kier molecular flexibility index (Phi) is 5.62. The third-order valence-corrected chi connectivity index (χ3v) is 5.48. The summed E-state index contributed by atoms with van der Waals surface area (Å²) in [5.74, 6) is 0.515. The Morgan fingerprint density at radius 3 is 2.76 bits per heavy atom. The summed E-state index contributed by atoms with van der Waals surface area (Å²) in [6.45, 7) is 3.44. The zero-order valence-corrected chi connectivity index (χ0v) is 16.7. The maximum atomic E-state index is 12.8. The number of rotatable bonds is 5. The van der Waals surface area contributed by atoms with Crippen LogP contribution in [-0.4, -0.2) is 36.3 Å². The average molecular weight is 412 g/mol. The van der Waals surface area contributed by atoms with E-state index in [1.54, 1.807) is 25.1 Å². The quantitative estimate of drug-likeness (QED) is 0.602. The van der Waals surface area contributed by atoms with E-state index in [4.69, 9.17) is 14.2 Å². The number of nitrogens with zero attached hydrogens (tertiary/aromatic N) is 2. The molecular formula is C21H20N2O5S. The van der Waals surface area contributed by atoms with Gasteiger partial charge in [0.15, 0.2) is 16.3 Å². The molecule has 0 fully saturated rings. The largest absolute Gasteiger partial charge is 0.486 e. The first kappa shape index (κ1) is 19.2. The normalized spacial score (nSPS) is 13.5. The van der Waals surface area contributed by atoms with E-state index in [1.807, 2.05) is 28.8 Å². The summed E-state index contributed by atoms with van der Waals surface area (Å²) in [6, 6.07) is 12.8. The molecule has 1 aliphatic heterocycles. The Balaban J connectivity index is 1.68.